The molecule has 1 N–H and O–H groups in total. The highest BCUT2D eigenvalue weighted by Gasteiger charge is 2.35. The summed E-state index contributed by atoms with van der Waals surface area (Å²) in [5.74, 6) is -4.93. The molecule has 1 amide bonds. The fourth-order valence-corrected chi connectivity index (χ4v) is 3.27. The SMILES string of the molecule is O=C(O)c1cnn2c1C(=O)N(c1ccc(C(F)(F)c3ccccc3)cc1)CC2. The van der Waals surface area contributed by atoms with Crippen molar-refractivity contribution in [1.29, 1.82) is 0 Å². The highest BCUT2D eigenvalue weighted by Crippen LogP contribution is 2.36. The number of alkyl halides is 2. The van der Waals surface area contributed by atoms with Crippen LogP contribution in [0.15, 0.2) is 60.8 Å². The Hall–Kier alpha value is -3.55. The zero-order valence-electron chi connectivity index (χ0n) is 14.5. The number of aromatic nitrogens is 2. The van der Waals surface area contributed by atoms with E-state index in [4.69, 9.17) is 0 Å². The lowest BCUT2D eigenvalue weighted by atomic mass is 10.00. The third-order valence-corrected chi connectivity index (χ3v) is 4.73. The summed E-state index contributed by atoms with van der Waals surface area (Å²) in [6, 6.07) is 12.9. The molecule has 1 aromatic heterocycles. The molecule has 4 rings (SSSR count). The van der Waals surface area contributed by atoms with Crippen molar-refractivity contribution in [2.24, 2.45) is 0 Å². The van der Waals surface area contributed by atoms with Gasteiger partial charge in [0.15, 0.2) is 0 Å². The standard InChI is InChI=1S/C20H15F2N3O3/c21-20(22,13-4-2-1-3-5-13)14-6-8-15(9-7-14)24-10-11-25-17(18(24)26)16(12-23-25)19(27)28/h1-9,12H,10-11H2,(H,27,28). The molecule has 3 aromatic rings. The van der Waals surface area contributed by atoms with Crippen molar-refractivity contribution in [2.75, 3.05) is 11.4 Å². The molecule has 1 aliphatic heterocycles. The summed E-state index contributed by atoms with van der Waals surface area (Å²) in [4.78, 5) is 25.4. The van der Waals surface area contributed by atoms with Gasteiger partial charge in [0.25, 0.3) is 11.8 Å². The molecule has 6 nitrogen and oxygen atoms in total. The van der Waals surface area contributed by atoms with Crippen molar-refractivity contribution >= 4 is 17.6 Å². The molecule has 0 bridgehead atoms. The first-order valence-corrected chi connectivity index (χ1v) is 8.54. The lowest BCUT2D eigenvalue weighted by Gasteiger charge is -2.28. The number of carbonyl (C=O) groups excluding carboxylic acids is 1. The second-order valence-electron chi connectivity index (χ2n) is 6.38. The number of fused-ring (bicyclic) bond motifs is 1. The molecule has 0 unspecified atom stereocenters. The van der Waals surface area contributed by atoms with Gasteiger partial charge in [-0.15, -0.1) is 0 Å². The van der Waals surface area contributed by atoms with Gasteiger partial charge in [-0.25, -0.2) is 4.79 Å². The molecule has 2 aromatic carbocycles. The Morgan fingerprint density at radius 3 is 2.29 bits per heavy atom. The van der Waals surface area contributed by atoms with E-state index in [1.807, 2.05) is 0 Å². The van der Waals surface area contributed by atoms with E-state index in [-0.39, 0.29) is 28.9 Å². The van der Waals surface area contributed by atoms with Crippen LogP contribution in [0.25, 0.3) is 0 Å². The predicted octanol–water partition coefficient (Wildman–Crippen LogP) is 3.38. The van der Waals surface area contributed by atoms with Crippen molar-refractivity contribution in [3.05, 3.63) is 83.2 Å². The molecule has 0 saturated heterocycles. The van der Waals surface area contributed by atoms with Gasteiger partial charge in [-0.3, -0.25) is 9.48 Å². The van der Waals surface area contributed by atoms with E-state index in [1.165, 1.54) is 46.0 Å². The van der Waals surface area contributed by atoms with Gasteiger partial charge >= 0.3 is 5.97 Å². The van der Waals surface area contributed by atoms with Crippen LogP contribution in [0.4, 0.5) is 14.5 Å². The molecule has 2 heterocycles. The molecule has 142 valence electrons. The van der Waals surface area contributed by atoms with E-state index >= 15 is 0 Å². The van der Waals surface area contributed by atoms with Crippen LogP contribution >= 0.6 is 0 Å². The molecule has 28 heavy (non-hydrogen) atoms. The number of benzene rings is 2. The first-order chi connectivity index (χ1) is 13.4. The largest absolute Gasteiger partial charge is 0.478 e. The van der Waals surface area contributed by atoms with Gasteiger partial charge in [0, 0.05) is 23.4 Å². The number of carboxylic acids is 1. The molecular weight excluding hydrogens is 368 g/mol. The van der Waals surface area contributed by atoms with Crippen LogP contribution in [-0.2, 0) is 12.5 Å². The van der Waals surface area contributed by atoms with Crippen molar-refractivity contribution in [2.45, 2.75) is 12.5 Å². The second-order valence-corrected chi connectivity index (χ2v) is 6.38. The van der Waals surface area contributed by atoms with Gasteiger partial charge < -0.3 is 10.0 Å². The fraction of sp³-hybridized carbons (Fsp3) is 0.150. The number of amides is 1. The molecule has 0 spiro atoms. The maximum atomic E-state index is 14.7. The number of hydrogen-bond donors (Lipinski definition) is 1. The van der Waals surface area contributed by atoms with Crippen LogP contribution < -0.4 is 4.90 Å². The van der Waals surface area contributed by atoms with Crippen LogP contribution in [0.3, 0.4) is 0 Å². The zero-order chi connectivity index (χ0) is 19.9. The summed E-state index contributed by atoms with van der Waals surface area (Å²) >= 11 is 0. The lowest BCUT2D eigenvalue weighted by molar-refractivity contribution is 0.0428. The first kappa shape index (κ1) is 17.8. The van der Waals surface area contributed by atoms with Gasteiger partial charge in [-0.1, -0.05) is 42.5 Å². The molecular formula is C20H15F2N3O3. The summed E-state index contributed by atoms with van der Waals surface area (Å²) in [6.45, 7) is 0.581. The molecule has 0 aliphatic carbocycles. The maximum Gasteiger partial charge on any atom is 0.339 e. The smallest absolute Gasteiger partial charge is 0.339 e. The monoisotopic (exact) mass is 383 g/mol. The third-order valence-electron chi connectivity index (χ3n) is 4.73. The van der Waals surface area contributed by atoms with E-state index in [1.54, 1.807) is 18.2 Å². The Balaban J connectivity index is 1.64. The van der Waals surface area contributed by atoms with Crippen molar-refractivity contribution in [3.63, 3.8) is 0 Å². The summed E-state index contributed by atoms with van der Waals surface area (Å²) < 4.78 is 30.7. The highest BCUT2D eigenvalue weighted by atomic mass is 19.3. The van der Waals surface area contributed by atoms with Gasteiger partial charge in [0.05, 0.1) is 12.7 Å². The molecule has 0 atom stereocenters. The fourth-order valence-electron chi connectivity index (χ4n) is 3.27. The van der Waals surface area contributed by atoms with E-state index < -0.39 is 17.8 Å². The number of aromatic carboxylic acids is 1. The number of anilines is 1. The van der Waals surface area contributed by atoms with Gasteiger partial charge in [-0.05, 0) is 12.1 Å². The third kappa shape index (κ3) is 2.83. The van der Waals surface area contributed by atoms with Crippen LogP contribution in [0.2, 0.25) is 0 Å². The maximum absolute atomic E-state index is 14.7. The van der Waals surface area contributed by atoms with Gasteiger partial charge in [0.2, 0.25) is 0 Å². The van der Waals surface area contributed by atoms with Crippen LogP contribution in [-0.4, -0.2) is 33.3 Å². The summed E-state index contributed by atoms with van der Waals surface area (Å²) in [5, 5.41) is 13.2. The van der Waals surface area contributed by atoms with Crippen LogP contribution in [0.1, 0.15) is 32.0 Å². The minimum Gasteiger partial charge on any atom is -0.478 e. The summed E-state index contributed by atoms with van der Waals surface area (Å²) in [6.07, 6.45) is 1.14. The summed E-state index contributed by atoms with van der Waals surface area (Å²) in [7, 11) is 0. The average Bonchev–Trinajstić information content (AvgIpc) is 3.14. The molecule has 8 heteroatoms. The topological polar surface area (TPSA) is 75.4 Å². The number of carbonyl (C=O) groups is 2. The number of halogens is 2. The van der Waals surface area contributed by atoms with Gasteiger partial charge in [-0.2, -0.15) is 13.9 Å². The number of rotatable bonds is 4. The minimum atomic E-state index is -3.17. The quantitative estimate of drug-likeness (QED) is 0.750. The highest BCUT2D eigenvalue weighted by molar-refractivity contribution is 6.11. The lowest BCUT2D eigenvalue weighted by Crippen LogP contribution is -2.41. The molecule has 1 aliphatic rings. The summed E-state index contributed by atoms with van der Waals surface area (Å²) in [5.41, 5.74) is -0.0873. The predicted molar refractivity (Wildman–Crippen MR) is 96.7 cm³/mol. The van der Waals surface area contributed by atoms with E-state index in [0.29, 0.717) is 12.2 Å². The number of hydrogen-bond acceptors (Lipinski definition) is 3. The minimum absolute atomic E-state index is 0.0163. The Morgan fingerprint density at radius 1 is 1.00 bits per heavy atom. The average molecular weight is 383 g/mol. The Morgan fingerprint density at radius 2 is 1.64 bits per heavy atom. The van der Waals surface area contributed by atoms with Crippen LogP contribution in [0, 0.1) is 0 Å². The normalized spacial score (nSPS) is 14.1. The van der Waals surface area contributed by atoms with Crippen molar-refractivity contribution in [3.8, 4) is 0 Å². The Kier molecular flexibility index (Phi) is 4.18. The molecule has 0 saturated carbocycles. The zero-order valence-corrected chi connectivity index (χ0v) is 14.5. The first-order valence-electron chi connectivity index (χ1n) is 8.54. The number of nitrogens with zero attached hydrogens (tertiary/aromatic N) is 3. The molecule has 0 fully saturated rings. The van der Waals surface area contributed by atoms with Gasteiger partial charge in [0.1, 0.15) is 11.3 Å². The Bertz CT molecular complexity index is 1050. The van der Waals surface area contributed by atoms with E-state index in [2.05, 4.69) is 5.10 Å². The molecule has 0 radical (unpaired) electrons. The van der Waals surface area contributed by atoms with Crippen LogP contribution in [0.5, 0.6) is 0 Å². The second kappa shape index (κ2) is 6.56. The van der Waals surface area contributed by atoms with E-state index in [0.717, 1.165) is 6.20 Å². The van der Waals surface area contributed by atoms with E-state index in [9.17, 15) is 23.5 Å². The Labute approximate surface area is 158 Å². The van der Waals surface area contributed by atoms with Crippen molar-refractivity contribution in [1.82, 2.24) is 9.78 Å². The number of carboxylic acid groups (broad SMARTS) is 1. The van der Waals surface area contributed by atoms with Crippen molar-refractivity contribution < 1.29 is 23.5 Å².